The van der Waals surface area contributed by atoms with E-state index in [2.05, 4.69) is 15.3 Å². The maximum absolute atomic E-state index is 11.3. The molecule has 5 nitrogen and oxygen atoms in total. The molecule has 0 saturated carbocycles. The largest absolute Gasteiger partial charge is 0.480 e. The van der Waals surface area contributed by atoms with Gasteiger partial charge in [0.2, 0.25) is 0 Å². The summed E-state index contributed by atoms with van der Waals surface area (Å²) in [5.74, 6) is 0.125. The number of aryl methyl sites for hydroxylation is 2. The topological polar surface area (TPSA) is 75.1 Å². The van der Waals surface area contributed by atoms with Gasteiger partial charge in [-0.1, -0.05) is 25.1 Å². The molecule has 118 valence electrons. The van der Waals surface area contributed by atoms with E-state index in [-0.39, 0.29) is 0 Å². The highest BCUT2D eigenvalue weighted by molar-refractivity contribution is 7.99. The molecule has 1 atom stereocenters. The number of aliphatic carboxylic acids is 1. The van der Waals surface area contributed by atoms with Gasteiger partial charge < -0.3 is 10.4 Å². The fourth-order valence-corrected chi connectivity index (χ4v) is 3.11. The Labute approximate surface area is 131 Å². The quantitative estimate of drug-likeness (QED) is 0.415. The van der Waals surface area contributed by atoms with Gasteiger partial charge in [-0.25, -0.2) is 9.97 Å². The second kappa shape index (κ2) is 8.34. The average molecular weight is 311 g/mol. The number of thioether (sulfide) groups is 1. The van der Waals surface area contributed by atoms with Crippen LogP contribution in [-0.2, 0) is 4.79 Å². The van der Waals surface area contributed by atoms with Crippen LogP contribution in [-0.4, -0.2) is 38.9 Å². The molecule has 0 aliphatic heterocycles. The van der Waals surface area contributed by atoms with Crippen LogP contribution in [0.5, 0.6) is 0 Å². The molecule has 0 fully saturated rings. The van der Waals surface area contributed by atoms with E-state index in [1.807, 2.05) is 26.8 Å². The standard InChI is InChI=1S/C15H25N3O2S/c1-5-16-15(4,13(19)20)8-6-7-9-21-14-17-11(2)10-12(3)18-14/h10,16H,5-9H2,1-4H3,(H,19,20). The third-order valence-corrected chi connectivity index (χ3v) is 4.24. The predicted molar refractivity (Wildman–Crippen MR) is 85.8 cm³/mol. The van der Waals surface area contributed by atoms with Gasteiger partial charge in [0.05, 0.1) is 0 Å². The minimum Gasteiger partial charge on any atom is -0.480 e. The molecule has 1 unspecified atom stereocenters. The van der Waals surface area contributed by atoms with Crippen LogP contribution in [0.2, 0.25) is 0 Å². The first kappa shape index (κ1) is 17.9. The third-order valence-electron chi connectivity index (χ3n) is 3.30. The minimum absolute atomic E-state index is 0.629. The Morgan fingerprint density at radius 2 is 1.95 bits per heavy atom. The van der Waals surface area contributed by atoms with E-state index in [1.165, 1.54) is 0 Å². The van der Waals surface area contributed by atoms with Crippen molar-refractivity contribution in [1.82, 2.24) is 15.3 Å². The van der Waals surface area contributed by atoms with E-state index in [0.29, 0.717) is 13.0 Å². The van der Waals surface area contributed by atoms with Crippen LogP contribution in [0.25, 0.3) is 0 Å². The first-order valence-electron chi connectivity index (χ1n) is 7.31. The molecule has 0 aliphatic rings. The van der Waals surface area contributed by atoms with Gasteiger partial charge in [0.25, 0.3) is 0 Å². The molecule has 6 heteroatoms. The first-order valence-corrected chi connectivity index (χ1v) is 8.29. The number of carbonyl (C=O) groups is 1. The highest BCUT2D eigenvalue weighted by Gasteiger charge is 2.30. The zero-order valence-electron chi connectivity index (χ0n) is 13.3. The van der Waals surface area contributed by atoms with E-state index in [0.717, 1.165) is 35.1 Å². The fourth-order valence-electron chi connectivity index (χ4n) is 2.16. The van der Waals surface area contributed by atoms with Gasteiger partial charge in [-0.05, 0) is 46.2 Å². The zero-order valence-corrected chi connectivity index (χ0v) is 14.1. The summed E-state index contributed by atoms with van der Waals surface area (Å²) in [6.45, 7) is 8.27. The first-order chi connectivity index (χ1) is 9.87. The molecule has 21 heavy (non-hydrogen) atoms. The van der Waals surface area contributed by atoms with Crippen LogP contribution in [0.1, 0.15) is 44.5 Å². The lowest BCUT2D eigenvalue weighted by Crippen LogP contribution is -2.49. The van der Waals surface area contributed by atoms with Crippen LogP contribution in [0, 0.1) is 13.8 Å². The Balaban J connectivity index is 2.35. The van der Waals surface area contributed by atoms with Gasteiger partial charge in [0, 0.05) is 17.1 Å². The number of hydrogen-bond acceptors (Lipinski definition) is 5. The molecule has 0 amide bonds. The van der Waals surface area contributed by atoms with Gasteiger partial charge in [0.15, 0.2) is 5.16 Å². The molecular weight excluding hydrogens is 286 g/mol. The lowest BCUT2D eigenvalue weighted by atomic mass is 9.95. The van der Waals surface area contributed by atoms with Crippen LogP contribution >= 0.6 is 11.8 Å². The molecule has 0 saturated heterocycles. The van der Waals surface area contributed by atoms with Gasteiger partial charge in [0.1, 0.15) is 5.54 Å². The summed E-state index contributed by atoms with van der Waals surface area (Å²) in [5.41, 5.74) is 1.14. The van der Waals surface area contributed by atoms with Crippen LogP contribution in [0.3, 0.4) is 0 Å². The molecule has 0 aliphatic carbocycles. The summed E-state index contributed by atoms with van der Waals surface area (Å²) >= 11 is 1.63. The summed E-state index contributed by atoms with van der Waals surface area (Å²) in [4.78, 5) is 20.1. The molecule has 0 radical (unpaired) electrons. The normalized spacial score (nSPS) is 13.9. The van der Waals surface area contributed by atoms with E-state index >= 15 is 0 Å². The molecule has 1 heterocycles. The maximum Gasteiger partial charge on any atom is 0.323 e. The van der Waals surface area contributed by atoms with Gasteiger partial charge >= 0.3 is 5.97 Å². The smallest absolute Gasteiger partial charge is 0.323 e. The van der Waals surface area contributed by atoms with Crippen LogP contribution < -0.4 is 5.32 Å². The Bertz CT molecular complexity index is 462. The Morgan fingerprint density at radius 3 is 2.48 bits per heavy atom. The summed E-state index contributed by atoms with van der Waals surface area (Å²) < 4.78 is 0. The molecule has 0 aromatic carbocycles. The molecular formula is C15H25N3O2S. The van der Waals surface area contributed by atoms with Crippen molar-refractivity contribution in [2.45, 2.75) is 57.7 Å². The van der Waals surface area contributed by atoms with E-state index < -0.39 is 11.5 Å². The summed E-state index contributed by atoms with van der Waals surface area (Å²) in [6, 6.07) is 1.96. The number of unbranched alkanes of at least 4 members (excludes halogenated alkanes) is 1. The number of carboxylic acids is 1. The van der Waals surface area contributed by atoms with Crippen molar-refractivity contribution >= 4 is 17.7 Å². The van der Waals surface area contributed by atoms with Gasteiger partial charge in [-0.15, -0.1) is 0 Å². The second-order valence-corrected chi connectivity index (χ2v) is 6.47. The van der Waals surface area contributed by atoms with Crippen molar-refractivity contribution < 1.29 is 9.90 Å². The number of likely N-dealkylation sites (N-methyl/N-ethyl adjacent to an activating group) is 1. The predicted octanol–water partition coefficient (Wildman–Crippen LogP) is 2.81. The van der Waals surface area contributed by atoms with Crippen molar-refractivity contribution in [1.29, 1.82) is 0 Å². The monoisotopic (exact) mass is 311 g/mol. The summed E-state index contributed by atoms with van der Waals surface area (Å²) in [5, 5.41) is 13.1. The highest BCUT2D eigenvalue weighted by atomic mass is 32.2. The van der Waals surface area contributed by atoms with E-state index in [9.17, 15) is 9.90 Å². The van der Waals surface area contributed by atoms with Gasteiger partial charge in [-0.2, -0.15) is 0 Å². The Kier molecular flexibility index (Phi) is 7.11. The van der Waals surface area contributed by atoms with E-state index in [1.54, 1.807) is 18.7 Å². The lowest BCUT2D eigenvalue weighted by molar-refractivity contribution is -0.144. The summed E-state index contributed by atoms with van der Waals surface area (Å²) in [7, 11) is 0. The number of aromatic nitrogens is 2. The molecule has 0 bridgehead atoms. The molecule has 2 N–H and O–H groups in total. The van der Waals surface area contributed by atoms with Crippen molar-refractivity contribution in [3.05, 3.63) is 17.5 Å². The number of nitrogens with zero attached hydrogens (tertiary/aromatic N) is 2. The SMILES string of the molecule is CCNC(C)(CCCCSc1nc(C)cc(C)n1)C(=O)O. The zero-order chi connectivity index (χ0) is 15.9. The van der Waals surface area contributed by atoms with Crippen molar-refractivity contribution in [3.8, 4) is 0 Å². The molecule has 1 aromatic rings. The highest BCUT2D eigenvalue weighted by Crippen LogP contribution is 2.19. The molecule has 1 aromatic heterocycles. The lowest BCUT2D eigenvalue weighted by Gasteiger charge is -2.25. The Hall–Kier alpha value is -1.14. The number of carboxylic acid groups (broad SMARTS) is 1. The van der Waals surface area contributed by atoms with Crippen molar-refractivity contribution in [2.75, 3.05) is 12.3 Å². The number of hydrogen-bond donors (Lipinski definition) is 2. The van der Waals surface area contributed by atoms with Crippen molar-refractivity contribution in [2.24, 2.45) is 0 Å². The van der Waals surface area contributed by atoms with E-state index in [4.69, 9.17) is 0 Å². The van der Waals surface area contributed by atoms with Gasteiger partial charge in [-0.3, -0.25) is 4.79 Å². The van der Waals surface area contributed by atoms with Crippen molar-refractivity contribution in [3.63, 3.8) is 0 Å². The third kappa shape index (κ3) is 6.01. The van der Waals surface area contributed by atoms with Crippen LogP contribution in [0.4, 0.5) is 0 Å². The van der Waals surface area contributed by atoms with Crippen LogP contribution in [0.15, 0.2) is 11.2 Å². The second-order valence-electron chi connectivity index (χ2n) is 5.41. The minimum atomic E-state index is -0.824. The fraction of sp³-hybridized carbons (Fsp3) is 0.667. The Morgan fingerprint density at radius 1 is 1.33 bits per heavy atom. The maximum atomic E-state index is 11.3. The number of rotatable bonds is 9. The number of nitrogens with one attached hydrogen (secondary N) is 1. The summed E-state index contributed by atoms with van der Waals surface area (Å²) in [6.07, 6.45) is 2.45. The molecule has 0 spiro atoms. The average Bonchev–Trinajstić information content (AvgIpc) is 2.37. The molecule has 1 rings (SSSR count).